The molecule has 0 unspecified atom stereocenters. The molecular weight excluding hydrogens is 354 g/mol. The molecule has 0 aliphatic heterocycles. The van der Waals surface area contributed by atoms with Crippen LogP contribution >= 0.6 is 0 Å². The number of nitro benzene ring substituents is 3. The van der Waals surface area contributed by atoms with Gasteiger partial charge in [0.05, 0.1) is 20.8 Å². The third kappa shape index (κ3) is 3.21. The van der Waals surface area contributed by atoms with Crippen molar-refractivity contribution in [3.05, 3.63) is 97.1 Å². The Hall–Kier alpha value is -4.14. The van der Waals surface area contributed by atoms with E-state index >= 15 is 0 Å². The molecule has 134 valence electrons. The summed E-state index contributed by atoms with van der Waals surface area (Å²) in [6, 6.07) is 16.3. The first-order valence-electron chi connectivity index (χ1n) is 7.66. The van der Waals surface area contributed by atoms with Crippen LogP contribution in [0, 0.1) is 30.3 Å². The fourth-order valence-electron chi connectivity index (χ4n) is 2.89. The fourth-order valence-corrected chi connectivity index (χ4v) is 2.89. The molecule has 0 aromatic heterocycles. The van der Waals surface area contributed by atoms with Gasteiger partial charge in [-0.15, -0.1) is 0 Å². The third-order valence-corrected chi connectivity index (χ3v) is 3.96. The summed E-state index contributed by atoms with van der Waals surface area (Å²) in [4.78, 5) is 32.5. The summed E-state index contributed by atoms with van der Waals surface area (Å²) in [7, 11) is 0. The van der Waals surface area contributed by atoms with Gasteiger partial charge in [-0.05, 0) is 11.1 Å². The van der Waals surface area contributed by atoms with Gasteiger partial charge in [-0.2, -0.15) is 0 Å². The first kappa shape index (κ1) is 17.7. The summed E-state index contributed by atoms with van der Waals surface area (Å²) in [6.07, 6.45) is 0. The van der Waals surface area contributed by atoms with Gasteiger partial charge in [-0.3, -0.25) is 30.3 Å². The van der Waals surface area contributed by atoms with Crippen molar-refractivity contribution in [1.29, 1.82) is 0 Å². The maximum atomic E-state index is 11.9. The van der Waals surface area contributed by atoms with Crippen molar-refractivity contribution in [2.45, 2.75) is 0 Å². The van der Waals surface area contributed by atoms with E-state index in [0.29, 0.717) is 0 Å². The van der Waals surface area contributed by atoms with Gasteiger partial charge in [0.25, 0.3) is 17.1 Å². The van der Waals surface area contributed by atoms with Gasteiger partial charge < -0.3 is 0 Å². The minimum Gasteiger partial charge on any atom is -0.258 e. The lowest BCUT2D eigenvalue weighted by atomic mass is 9.93. The number of nitro groups is 3. The van der Waals surface area contributed by atoms with Gasteiger partial charge in [0, 0.05) is 0 Å². The number of rotatable bonds is 5. The molecule has 0 N–H and O–H groups in total. The zero-order chi connectivity index (χ0) is 19.6. The van der Waals surface area contributed by atoms with Gasteiger partial charge in [0.2, 0.25) is 0 Å². The van der Waals surface area contributed by atoms with Gasteiger partial charge in [0.15, 0.2) is 0 Å². The lowest BCUT2D eigenvalue weighted by molar-refractivity contribution is -0.401. The summed E-state index contributed by atoms with van der Waals surface area (Å²) < 4.78 is 0. The summed E-state index contributed by atoms with van der Waals surface area (Å²) in [6.45, 7) is 0. The SMILES string of the molecule is O=[N+]([O-])c1cc([N+](=O)[O-])c(-c2ccccc2)c([N+](=O)[O-])c1-c1ccccc1. The van der Waals surface area contributed by atoms with Crippen LogP contribution in [0.15, 0.2) is 66.7 Å². The zero-order valence-electron chi connectivity index (χ0n) is 13.6. The number of hydrogen-bond acceptors (Lipinski definition) is 6. The number of nitrogens with zero attached hydrogens (tertiary/aromatic N) is 3. The van der Waals surface area contributed by atoms with Crippen LogP contribution in [0.4, 0.5) is 17.1 Å². The van der Waals surface area contributed by atoms with Crippen LogP contribution in [0.5, 0.6) is 0 Å². The highest BCUT2D eigenvalue weighted by Crippen LogP contribution is 2.49. The second-order valence-corrected chi connectivity index (χ2v) is 5.52. The second-order valence-electron chi connectivity index (χ2n) is 5.52. The highest BCUT2D eigenvalue weighted by molar-refractivity contribution is 5.96. The molecule has 0 saturated heterocycles. The van der Waals surface area contributed by atoms with Crippen molar-refractivity contribution in [2.75, 3.05) is 0 Å². The van der Waals surface area contributed by atoms with E-state index < -0.39 is 31.8 Å². The Morgan fingerprint density at radius 2 is 0.926 bits per heavy atom. The Balaban J connectivity index is 2.55. The minimum atomic E-state index is -0.850. The number of hydrogen-bond donors (Lipinski definition) is 0. The van der Waals surface area contributed by atoms with E-state index in [9.17, 15) is 30.3 Å². The zero-order valence-corrected chi connectivity index (χ0v) is 13.6. The molecule has 0 saturated carbocycles. The van der Waals surface area contributed by atoms with Gasteiger partial charge in [-0.1, -0.05) is 60.7 Å². The Morgan fingerprint density at radius 3 is 1.22 bits per heavy atom. The van der Waals surface area contributed by atoms with Crippen molar-refractivity contribution in [1.82, 2.24) is 0 Å². The topological polar surface area (TPSA) is 129 Å². The molecular formula is C18H11N3O6. The third-order valence-electron chi connectivity index (χ3n) is 3.96. The van der Waals surface area contributed by atoms with Crippen LogP contribution in [-0.4, -0.2) is 14.8 Å². The molecule has 3 aromatic rings. The first-order valence-corrected chi connectivity index (χ1v) is 7.66. The van der Waals surface area contributed by atoms with Crippen LogP contribution in [0.3, 0.4) is 0 Å². The molecule has 0 amide bonds. The smallest absolute Gasteiger partial charge is 0.258 e. The average molecular weight is 365 g/mol. The van der Waals surface area contributed by atoms with Crippen molar-refractivity contribution in [2.24, 2.45) is 0 Å². The summed E-state index contributed by atoms with van der Waals surface area (Å²) in [5, 5.41) is 35.0. The van der Waals surface area contributed by atoms with E-state index in [2.05, 4.69) is 0 Å². The predicted molar refractivity (Wildman–Crippen MR) is 97.3 cm³/mol. The Labute approximate surface area is 152 Å². The van der Waals surface area contributed by atoms with Crippen molar-refractivity contribution in [3.8, 4) is 22.3 Å². The largest absolute Gasteiger partial charge is 0.298 e. The van der Waals surface area contributed by atoms with E-state index in [4.69, 9.17) is 0 Å². The molecule has 0 aliphatic carbocycles. The van der Waals surface area contributed by atoms with Crippen molar-refractivity contribution < 1.29 is 14.8 Å². The maximum Gasteiger partial charge on any atom is 0.298 e. The highest BCUT2D eigenvalue weighted by Gasteiger charge is 2.37. The normalized spacial score (nSPS) is 10.4. The molecule has 27 heavy (non-hydrogen) atoms. The lowest BCUT2D eigenvalue weighted by Crippen LogP contribution is -2.04. The van der Waals surface area contributed by atoms with E-state index in [1.165, 1.54) is 24.3 Å². The Kier molecular flexibility index (Phi) is 4.58. The maximum absolute atomic E-state index is 11.9. The molecule has 0 heterocycles. The first-order chi connectivity index (χ1) is 12.9. The van der Waals surface area contributed by atoms with Crippen molar-refractivity contribution >= 4 is 17.1 Å². The Bertz CT molecular complexity index is 976. The standard InChI is InChI=1S/C18H11N3O6/c22-19(23)14-11-15(20(24)25)17(13-9-5-2-6-10-13)18(21(26)27)16(14)12-7-3-1-4-8-12/h1-11H. The minimum absolute atomic E-state index is 0.225. The van der Waals surface area contributed by atoms with E-state index in [-0.39, 0.29) is 22.3 Å². The summed E-state index contributed by atoms with van der Waals surface area (Å²) in [5.41, 5.74) is -2.15. The summed E-state index contributed by atoms with van der Waals surface area (Å²) >= 11 is 0. The lowest BCUT2D eigenvalue weighted by Gasteiger charge is -2.10. The quantitative estimate of drug-likeness (QED) is 0.474. The molecule has 3 aromatic carbocycles. The van der Waals surface area contributed by atoms with Crippen LogP contribution in [0.2, 0.25) is 0 Å². The van der Waals surface area contributed by atoms with Gasteiger partial charge in [0.1, 0.15) is 11.1 Å². The summed E-state index contributed by atoms with van der Waals surface area (Å²) in [5.74, 6) is 0. The fraction of sp³-hybridized carbons (Fsp3) is 0. The average Bonchev–Trinajstić information content (AvgIpc) is 2.67. The highest BCUT2D eigenvalue weighted by atomic mass is 16.6. The second kappa shape index (κ2) is 7.00. The molecule has 0 aliphatic rings. The molecule has 0 fully saturated rings. The number of benzene rings is 3. The Morgan fingerprint density at radius 1 is 0.556 bits per heavy atom. The van der Waals surface area contributed by atoms with Gasteiger partial charge >= 0.3 is 0 Å². The molecule has 3 rings (SSSR count). The van der Waals surface area contributed by atoms with E-state index in [1.807, 2.05) is 0 Å². The molecule has 0 spiro atoms. The molecule has 0 radical (unpaired) electrons. The predicted octanol–water partition coefficient (Wildman–Crippen LogP) is 4.75. The van der Waals surface area contributed by atoms with Crippen LogP contribution in [0.25, 0.3) is 22.3 Å². The van der Waals surface area contributed by atoms with E-state index in [0.717, 1.165) is 6.07 Å². The van der Waals surface area contributed by atoms with Crippen LogP contribution < -0.4 is 0 Å². The monoisotopic (exact) mass is 365 g/mol. The van der Waals surface area contributed by atoms with Gasteiger partial charge in [-0.25, -0.2) is 0 Å². The van der Waals surface area contributed by atoms with E-state index in [1.54, 1.807) is 36.4 Å². The van der Waals surface area contributed by atoms with Crippen LogP contribution in [-0.2, 0) is 0 Å². The van der Waals surface area contributed by atoms with Crippen molar-refractivity contribution in [3.63, 3.8) is 0 Å². The molecule has 0 bridgehead atoms. The molecule has 9 heteroatoms. The van der Waals surface area contributed by atoms with Crippen LogP contribution in [0.1, 0.15) is 0 Å². The molecule has 0 atom stereocenters. The molecule has 9 nitrogen and oxygen atoms in total.